The molecule has 23 heavy (non-hydrogen) atoms. The molecule has 3 rings (SSSR count). The molecular weight excluding hydrogens is 373 g/mol. The molecule has 2 aromatic heterocycles. The summed E-state index contributed by atoms with van der Waals surface area (Å²) in [6.45, 7) is 0. The van der Waals surface area contributed by atoms with Gasteiger partial charge in [-0.2, -0.15) is 18.2 Å². The van der Waals surface area contributed by atoms with Crippen molar-refractivity contribution < 1.29 is 13.2 Å². The lowest BCUT2D eigenvalue weighted by Gasteiger charge is -2.04. The van der Waals surface area contributed by atoms with E-state index in [4.69, 9.17) is 0 Å². The lowest BCUT2D eigenvalue weighted by molar-refractivity contribution is -0.144. The summed E-state index contributed by atoms with van der Waals surface area (Å²) in [5, 5.41) is 3.46. The highest BCUT2D eigenvalue weighted by atomic mass is 79.9. The van der Waals surface area contributed by atoms with Crippen LogP contribution in [-0.2, 0) is 12.6 Å². The van der Waals surface area contributed by atoms with Gasteiger partial charge in [-0.15, -0.1) is 5.10 Å². The van der Waals surface area contributed by atoms with Crippen LogP contribution in [0.15, 0.2) is 53.4 Å². The van der Waals surface area contributed by atoms with Gasteiger partial charge in [-0.25, -0.2) is 4.68 Å². The minimum atomic E-state index is -4.59. The fourth-order valence-electron chi connectivity index (χ4n) is 2.03. The second kappa shape index (κ2) is 6.11. The van der Waals surface area contributed by atoms with Crippen LogP contribution in [0.5, 0.6) is 0 Å². The Bertz CT molecular complexity index is 798. The van der Waals surface area contributed by atoms with E-state index in [9.17, 15) is 13.2 Å². The second-order valence-corrected chi connectivity index (χ2v) is 5.49. The lowest BCUT2D eigenvalue weighted by Crippen LogP contribution is -2.08. The number of hydrogen-bond donors (Lipinski definition) is 0. The number of pyridine rings is 1. The van der Waals surface area contributed by atoms with E-state index in [1.54, 1.807) is 12.1 Å². The summed E-state index contributed by atoms with van der Waals surface area (Å²) in [7, 11) is 0. The second-order valence-electron chi connectivity index (χ2n) is 4.78. The molecule has 0 radical (unpaired) electrons. The average molecular weight is 383 g/mol. The molecule has 0 saturated heterocycles. The molecule has 4 nitrogen and oxygen atoms in total. The van der Waals surface area contributed by atoms with Crippen molar-refractivity contribution >= 4 is 15.9 Å². The quantitative estimate of drug-likeness (QED) is 0.686. The molecule has 2 heterocycles. The molecule has 0 saturated carbocycles. The summed E-state index contributed by atoms with van der Waals surface area (Å²) in [4.78, 5) is 7.64. The number of halogens is 4. The van der Waals surface area contributed by atoms with Crippen LogP contribution >= 0.6 is 15.9 Å². The van der Waals surface area contributed by atoms with E-state index in [2.05, 4.69) is 31.0 Å². The Hall–Kier alpha value is -2.22. The number of alkyl halides is 3. The SMILES string of the molecule is FC(F)(F)c1nc(Br)n(-c2ccc(Cc3ccccc3)nc2)n1. The Morgan fingerprint density at radius 2 is 1.78 bits per heavy atom. The molecule has 118 valence electrons. The molecule has 0 bridgehead atoms. The van der Waals surface area contributed by atoms with Crippen molar-refractivity contribution in [3.8, 4) is 5.69 Å². The van der Waals surface area contributed by atoms with E-state index in [1.807, 2.05) is 30.3 Å². The third-order valence-corrected chi connectivity index (χ3v) is 3.62. The highest BCUT2D eigenvalue weighted by Crippen LogP contribution is 2.28. The van der Waals surface area contributed by atoms with Crippen LogP contribution in [0.4, 0.5) is 13.2 Å². The number of rotatable bonds is 3. The topological polar surface area (TPSA) is 43.6 Å². The first-order valence-corrected chi connectivity index (χ1v) is 7.42. The standard InChI is InChI=1S/C15H10BrF3N4/c16-14-21-13(15(17,18)19)22-23(14)12-7-6-11(20-9-12)8-10-4-2-1-3-5-10/h1-7,9H,8H2. The van der Waals surface area contributed by atoms with Crippen molar-refractivity contribution in [1.29, 1.82) is 0 Å². The maximum atomic E-state index is 12.6. The van der Waals surface area contributed by atoms with Crippen molar-refractivity contribution in [2.45, 2.75) is 12.6 Å². The monoisotopic (exact) mass is 382 g/mol. The van der Waals surface area contributed by atoms with Gasteiger partial charge in [-0.05, 0) is 33.6 Å². The first kappa shape index (κ1) is 15.7. The zero-order valence-electron chi connectivity index (χ0n) is 11.6. The van der Waals surface area contributed by atoms with Gasteiger partial charge in [0.1, 0.15) is 0 Å². The van der Waals surface area contributed by atoms with Crippen molar-refractivity contribution in [2.75, 3.05) is 0 Å². The molecule has 0 aliphatic heterocycles. The zero-order valence-corrected chi connectivity index (χ0v) is 13.2. The van der Waals surface area contributed by atoms with Crippen LogP contribution in [0.1, 0.15) is 17.1 Å². The van der Waals surface area contributed by atoms with E-state index in [-0.39, 0.29) is 4.73 Å². The van der Waals surface area contributed by atoms with Crippen LogP contribution in [-0.4, -0.2) is 19.7 Å². The lowest BCUT2D eigenvalue weighted by atomic mass is 10.1. The van der Waals surface area contributed by atoms with Gasteiger partial charge in [-0.1, -0.05) is 30.3 Å². The Morgan fingerprint density at radius 1 is 1.04 bits per heavy atom. The normalized spacial score (nSPS) is 11.7. The predicted octanol–water partition coefficient (Wildman–Crippen LogP) is 4.03. The van der Waals surface area contributed by atoms with Crippen molar-refractivity contribution in [2.24, 2.45) is 0 Å². The fraction of sp³-hybridized carbons (Fsp3) is 0.133. The van der Waals surface area contributed by atoms with E-state index in [1.165, 1.54) is 6.20 Å². The molecule has 0 N–H and O–H groups in total. The first-order valence-electron chi connectivity index (χ1n) is 6.62. The number of aromatic nitrogens is 4. The summed E-state index contributed by atoms with van der Waals surface area (Å²) in [6.07, 6.45) is -2.47. The van der Waals surface area contributed by atoms with Gasteiger partial charge in [0.05, 0.1) is 11.9 Å². The molecule has 0 amide bonds. The minimum Gasteiger partial charge on any atom is -0.259 e. The van der Waals surface area contributed by atoms with Gasteiger partial charge >= 0.3 is 6.18 Å². The van der Waals surface area contributed by atoms with Crippen LogP contribution in [0.25, 0.3) is 5.69 Å². The maximum Gasteiger partial charge on any atom is 0.453 e. The van der Waals surface area contributed by atoms with Gasteiger partial charge in [0, 0.05) is 12.1 Å². The van der Waals surface area contributed by atoms with E-state index in [0.717, 1.165) is 15.9 Å². The van der Waals surface area contributed by atoms with Gasteiger partial charge in [-0.3, -0.25) is 4.98 Å². The summed E-state index contributed by atoms with van der Waals surface area (Å²) < 4.78 is 38.9. The predicted molar refractivity (Wildman–Crippen MR) is 81.1 cm³/mol. The van der Waals surface area contributed by atoms with Gasteiger partial charge in [0.2, 0.25) is 4.73 Å². The number of hydrogen-bond acceptors (Lipinski definition) is 3. The van der Waals surface area contributed by atoms with Crippen molar-refractivity contribution in [3.63, 3.8) is 0 Å². The summed E-state index contributed by atoms with van der Waals surface area (Å²) in [6, 6.07) is 13.2. The third-order valence-electron chi connectivity index (χ3n) is 3.10. The first-order chi connectivity index (χ1) is 10.9. The minimum absolute atomic E-state index is 0.0255. The largest absolute Gasteiger partial charge is 0.453 e. The van der Waals surface area contributed by atoms with Gasteiger partial charge < -0.3 is 0 Å². The van der Waals surface area contributed by atoms with Crippen LogP contribution < -0.4 is 0 Å². The van der Waals surface area contributed by atoms with Crippen molar-refractivity contribution in [1.82, 2.24) is 19.7 Å². The molecule has 0 aliphatic rings. The smallest absolute Gasteiger partial charge is 0.259 e. The Kier molecular flexibility index (Phi) is 4.16. The number of benzene rings is 1. The highest BCUT2D eigenvalue weighted by molar-refractivity contribution is 9.10. The van der Waals surface area contributed by atoms with E-state index < -0.39 is 12.0 Å². The third kappa shape index (κ3) is 3.58. The summed E-state index contributed by atoms with van der Waals surface area (Å²) in [5.74, 6) is -1.20. The Morgan fingerprint density at radius 3 is 2.35 bits per heavy atom. The summed E-state index contributed by atoms with van der Waals surface area (Å²) >= 11 is 2.98. The molecule has 0 unspecified atom stereocenters. The molecule has 0 fully saturated rings. The van der Waals surface area contributed by atoms with Crippen LogP contribution in [0.2, 0.25) is 0 Å². The maximum absolute atomic E-state index is 12.6. The van der Waals surface area contributed by atoms with Crippen LogP contribution in [0, 0.1) is 0 Å². The molecule has 3 aromatic rings. The molecule has 0 atom stereocenters. The molecule has 8 heteroatoms. The Labute approximate surface area is 138 Å². The Balaban J connectivity index is 1.84. The molecule has 0 aliphatic carbocycles. The van der Waals surface area contributed by atoms with E-state index in [0.29, 0.717) is 12.1 Å². The van der Waals surface area contributed by atoms with E-state index >= 15 is 0 Å². The summed E-state index contributed by atoms with van der Waals surface area (Å²) in [5.41, 5.74) is 2.32. The zero-order chi connectivity index (χ0) is 16.4. The molecule has 0 spiro atoms. The fourth-order valence-corrected chi connectivity index (χ4v) is 2.48. The number of nitrogens with zero attached hydrogens (tertiary/aromatic N) is 4. The molecular formula is C15H10BrF3N4. The highest BCUT2D eigenvalue weighted by Gasteiger charge is 2.37. The average Bonchev–Trinajstić information content (AvgIpc) is 2.91. The molecule has 1 aromatic carbocycles. The van der Waals surface area contributed by atoms with Gasteiger partial charge in [0.25, 0.3) is 5.82 Å². The van der Waals surface area contributed by atoms with Crippen molar-refractivity contribution in [3.05, 3.63) is 70.5 Å². The van der Waals surface area contributed by atoms with Gasteiger partial charge in [0.15, 0.2) is 0 Å². The van der Waals surface area contributed by atoms with Crippen LogP contribution in [0.3, 0.4) is 0 Å².